The van der Waals surface area contributed by atoms with Crippen molar-refractivity contribution in [2.24, 2.45) is 5.92 Å². The van der Waals surface area contributed by atoms with Crippen molar-refractivity contribution in [3.8, 4) is 5.95 Å². The zero-order chi connectivity index (χ0) is 24.1. The minimum atomic E-state index is -5.33. The zero-order valence-corrected chi connectivity index (χ0v) is 18.5. The quantitative estimate of drug-likeness (QED) is 0.494. The van der Waals surface area contributed by atoms with Gasteiger partial charge in [0.15, 0.2) is 5.78 Å². The normalized spacial score (nSPS) is 23.2. The minimum absolute atomic E-state index is 0.00770. The van der Waals surface area contributed by atoms with Gasteiger partial charge in [0.1, 0.15) is 5.92 Å². The van der Waals surface area contributed by atoms with Crippen LogP contribution >= 0.6 is 11.3 Å². The average Bonchev–Trinajstić information content (AvgIpc) is 3.35. The Kier molecular flexibility index (Phi) is 5.48. The molecule has 9 nitrogen and oxygen atoms in total. The number of carbonyl (C=O) groups is 2. The van der Waals surface area contributed by atoms with Crippen LogP contribution in [0.1, 0.15) is 38.4 Å². The molecule has 3 N–H and O–H groups in total. The number of aromatic nitrogens is 4. The third kappa shape index (κ3) is 3.97. The monoisotopic (exact) mass is 480 g/mol. The number of urea groups is 1. The predicted octanol–water partition coefficient (Wildman–Crippen LogP) is 2.75. The summed E-state index contributed by atoms with van der Waals surface area (Å²) in [6.07, 6.45) is -3.98. The first-order chi connectivity index (χ1) is 15.4. The van der Waals surface area contributed by atoms with Gasteiger partial charge in [-0.2, -0.15) is 18.3 Å². The molecule has 2 amide bonds. The Hall–Kier alpha value is -3.32. The van der Waals surface area contributed by atoms with Crippen LogP contribution in [0.2, 0.25) is 0 Å². The number of ketones is 1. The largest absolute Gasteiger partial charge is 0.437 e. The van der Waals surface area contributed by atoms with Gasteiger partial charge in [-0.3, -0.25) is 4.79 Å². The first kappa shape index (κ1) is 22.9. The van der Waals surface area contributed by atoms with E-state index < -0.39 is 35.7 Å². The summed E-state index contributed by atoms with van der Waals surface area (Å²) in [4.78, 5) is 34.0. The van der Waals surface area contributed by atoms with Crippen LogP contribution in [0.15, 0.2) is 29.8 Å². The van der Waals surface area contributed by atoms with Gasteiger partial charge in [0.2, 0.25) is 5.72 Å². The van der Waals surface area contributed by atoms with Crippen molar-refractivity contribution in [2.45, 2.75) is 38.7 Å². The molecule has 13 heteroatoms. The molecule has 4 rings (SSSR count). The third-order valence-electron chi connectivity index (χ3n) is 5.30. The summed E-state index contributed by atoms with van der Waals surface area (Å²) in [5, 5.41) is 20.3. The van der Waals surface area contributed by atoms with Gasteiger partial charge < -0.3 is 15.7 Å². The molecule has 3 unspecified atom stereocenters. The van der Waals surface area contributed by atoms with Gasteiger partial charge in [-0.15, -0.1) is 11.3 Å². The van der Waals surface area contributed by atoms with E-state index in [1.165, 1.54) is 40.6 Å². The fourth-order valence-corrected chi connectivity index (χ4v) is 4.57. The highest BCUT2D eigenvalue weighted by Gasteiger charge is 2.66. The number of amides is 2. The van der Waals surface area contributed by atoms with Crippen LogP contribution in [-0.2, 0) is 0 Å². The second kappa shape index (κ2) is 7.92. The van der Waals surface area contributed by atoms with Gasteiger partial charge in [0.05, 0.1) is 16.6 Å². The molecule has 1 aliphatic heterocycles. The van der Waals surface area contributed by atoms with Gasteiger partial charge in [-0.1, -0.05) is 6.07 Å². The Morgan fingerprint density at radius 2 is 1.91 bits per heavy atom. The third-order valence-corrected chi connectivity index (χ3v) is 6.18. The molecule has 1 saturated heterocycles. The number of alkyl halides is 3. The number of aliphatic hydroxyl groups is 1. The SMILES string of the molecule is Cc1cc(C)nc(-n2cc(C3NC(=O)NC(O)(C(F)(F)F)C3C(=O)c3cccs3)c(C)n2)n1. The van der Waals surface area contributed by atoms with E-state index in [9.17, 15) is 27.9 Å². The van der Waals surface area contributed by atoms with Crippen molar-refractivity contribution in [1.82, 2.24) is 30.4 Å². The summed E-state index contributed by atoms with van der Waals surface area (Å²) >= 11 is 0.934. The number of nitrogens with zero attached hydrogens (tertiary/aromatic N) is 4. The number of nitrogens with one attached hydrogen (secondary N) is 2. The standard InChI is InChI=1S/C20H19F3N6O3S/c1-9-7-10(2)25-17(24-9)29-8-12(11(3)28-29)15-14(16(30)13-5-4-6-33-13)19(32,20(21,22)23)27-18(31)26-15/h4-8,14-15,32H,1-3H3,(H2,26,27,31). The summed E-state index contributed by atoms with van der Waals surface area (Å²) in [5.74, 6) is -2.92. The molecule has 3 atom stereocenters. The second-order valence-electron chi connectivity index (χ2n) is 7.72. The summed E-state index contributed by atoms with van der Waals surface area (Å²) < 4.78 is 43.3. The molecule has 0 aromatic carbocycles. The molecule has 0 radical (unpaired) electrons. The van der Waals surface area contributed by atoms with Crippen molar-refractivity contribution < 1.29 is 27.9 Å². The average molecular weight is 480 g/mol. The molecule has 33 heavy (non-hydrogen) atoms. The number of Topliss-reactive ketones (excluding diaryl/α,β-unsaturated/α-hetero) is 1. The van der Waals surface area contributed by atoms with E-state index in [0.717, 1.165) is 11.3 Å². The molecule has 0 spiro atoms. The van der Waals surface area contributed by atoms with Crippen molar-refractivity contribution in [2.75, 3.05) is 0 Å². The van der Waals surface area contributed by atoms with Gasteiger partial charge in [0.25, 0.3) is 5.95 Å². The van der Waals surface area contributed by atoms with E-state index in [4.69, 9.17) is 0 Å². The van der Waals surface area contributed by atoms with Crippen LogP contribution < -0.4 is 10.6 Å². The second-order valence-corrected chi connectivity index (χ2v) is 8.67. The maximum Gasteiger partial charge on any atom is 0.437 e. The topological polar surface area (TPSA) is 122 Å². The molecule has 3 aromatic heterocycles. The number of halogens is 3. The lowest BCUT2D eigenvalue weighted by atomic mass is 9.79. The summed E-state index contributed by atoms with van der Waals surface area (Å²) in [6, 6.07) is 1.81. The van der Waals surface area contributed by atoms with Crippen LogP contribution in [0.4, 0.5) is 18.0 Å². The van der Waals surface area contributed by atoms with Crippen molar-refractivity contribution in [3.05, 3.63) is 57.3 Å². The lowest BCUT2D eigenvalue weighted by Gasteiger charge is -2.44. The number of carbonyl (C=O) groups excluding carboxylic acids is 2. The van der Waals surface area contributed by atoms with E-state index >= 15 is 0 Å². The summed E-state index contributed by atoms with van der Waals surface area (Å²) in [5.41, 5.74) is -2.14. The fourth-order valence-electron chi connectivity index (χ4n) is 3.86. The molecule has 4 heterocycles. The molecule has 1 fully saturated rings. The zero-order valence-electron chi connectivity index (χ0n) is 17.6. The molecule has 0 bridgehead atoms. The maximum atomic E-state index is 14.0. The molecule has 0 aliphatic carbocycles. The maximum absolute atomic E-state index is 14.0. The van der Waals surface area contributed by atoms with E-state index in [1.807, 2.05) is 0 Å². The highest BCUT2D eigenvalue weighted by Crippen LogP contribution is 2.44. The molecule has 1 aliphatic rings. The minimum Gasteiger partial charge on any atom is -0.363 e. The molecule has 0 saturated carbocycles. The Balaban J connectivity index is 1.86. The fraction of sp³-hybridized carbons (Fsp3) is 0.350. The van der Waals surface area contributed by atoms with Crippen LogP contribution in [-0.4, -0.2) is 48.6 Å². The van der Waals surface area contributed by atoms with E-state index in [2.05, 4.69) is 20.4 Å². The number of rotatable bonds is 4. The summed E-state index contributed by atoms with van der Waals surface area (Å²) in [7, 11) is 0. The Bertz CT molecular complexity index is 1210. The van der Waals surface area contributed by atoms with Crippen LogP contribution in [0, 0.1) is 26.7 Å². The van der Waals surface area contributed by atoms with Gasteiger partial charge >= 0.3 is 12.2 Å². The first-order valence-corrected chi connectivity index (χ1v) is 10.6. The van der Waals surface area contributed by atoms with Crippen LogP contribution in [0.25, 0.3) is 5.95 Å². The van der Waals surface area contributed by atoms with Crippen molar-refractivity contribution >= 4 is 23.2 Å². The van der Waals surface area contributed by atoms with E-state index in [0.29, 0.717) is 11.4 Å². The lowest BCUT2D eigenvalue weighted by Crippen LogP contribution is -2.72. The highest BCUT2D eigenvalue weighted by atomic mass is 32.1. The van der Waals surface area contributed by atoms with Gasteiger partial charge in [-0.05, 0) is 38.3 Å². The summed E-state index contributed by atoms with van der Waals surface area (Å²) in [6.45, 7) is 5.02. The number of hydrogen-bond donors (Lipinski definition) is 3. The molecular formula is C20H19F3N6O3S. The van der Waals surface area contributed by atoms with Gasteiger partial charge in [-0.25, -0.2) is 19.4 Å². The van der Waals surface area contributed by atoms with Crippen molar-refractivity contribution in [1.29, 1.82) is 0 Å². The van der Waals surface area contributed by atoms with Crippen LogP contribution in [0.5, 0.6) is 0 Å². The molecular weight excluding hydrogens is 461 g/mol. The van der Waals surface area contributed by atoms with Crippen molar-refractivity contribution in [3.63, 3.8) is 0 Å². The highest BCUT2D eigenvalue weighted by molar-refractivity contribution is 7.12. The van der Waals surface area contributed by atoms with Gasteiger partial charge in [0, 0.05) is 23.1 Å². The molecule has 3 aromatic rings. The predicted molar refractivity (Wildman–Crippen MR) is 111 cm³/mol. The van der Waals surface area contributed by atoms with E-state index in [1.54, 1.807) is 19.9 Å². The lowest BCUT2D eigenvalue weighted by molar-refractivity contribution is -0.287. The number of hydrogen-bond acceptors (Lipinski definition) is 7. The Morgan fingerprint density at radius 3 is 2.48 bits per heavy atom. The smallest absolute Gasteiger partial charge is 0.363 e. The number of thiophene rings is 1. The Morgan fingerprint density at radius 1 is 1.24 bits per heavy atom. The molecule has 174 valence electrons. The Labute approximate surface area is 189 Å². The number of aryl methyl sites for hydroxylation is 3. The van der Waals surface area contributed by atoms with E-state index in [-0.39, 0.29) is 22.1 Å². The first-order valence-electron chi connectivity index (χ1n) is 9.75. The van der Waals surface area contributed by atoms with Crippen LogP contribution in [0.3, 0.4) is 0 Å².